The summed E-state index contributed by atoms with van der Waals surface area (Å²) < 4.78 is 3.73. The summed E-state index contributed by atoms with van der Waals surface area (Å²) in [6.45, 7) is 0.523. The van der Waals surface area contributed by atoms with Crippen molar-refractivity contribution in [1.29, 1.82) is 0 Å². The molecule has 1 heterocycles. The van der Waals surface area contributed by atoms with Gasteiger partial charge in [0.15, 0.2) is 0 Å². The van der Waals surface area contributed by atoms with Crippen molar-refractivity contribution in [3.05, 3.63) is 56.7 Å². The third kappa shape index (κ3) is 3.23. The second-order valence-electron chi connectivity index (χ2n) is 3.96. The van der Waals surface area contributed by atoms with E-state index in [0.717, 1.165) is 14.5 Å². The van der Waals surface area contributed by atoms with Crippen LogP contribution in [0.4, 0.5) is 0 Å². The maximum absolute atomic E-state index is 12.0. The number of nitrogens with one attached hydrogen (secondary N) is 1. The lowest BCUT2D eigenvalue weighted by molar-refractivity contribution is 0.0943. The summed E-state index contributed by atoms with van der Waals surface area (Å²) in [5, 5.41) is 2.89. The largest absolute Gasteiger partial charge is 0.347 e. The molecule has 0 unspecified atom stereocenters. The van der Waals surface area contributed by atoms with Gasteiger partial charge in [-0.15, -0.1) is 0 Å². The highest BCUT2D eigenvalue weighted by Crippen LogP contribution is 2.14. The highest BCUT2D eigenvalue weighted by molar-refractivity contribution is 9.10. The fraction of sp³-hybridized carbons (Fsp3) is 0.154. The zero-order chi connectivity index (χ0) is 13.1. The molecule has 3 nitrogen and oxygen atoms in total. The molecule has 2 aromatic rings. The summed E-state index contributed by atoms with van der Waals surface area (Å²) in [4.78, 5) is 12.0. The molecule has 0 saturated heterocycles. The summed E-state index contributed by atoms with van der Waals surface area (Å²) in [6, 6.07) is 9.68. The minimum absolute atomic E-state index is 0.0777. The smallest absolute Gasteiger partial charge is 0.268 e. The second-order valence-corrected chi connectivity index (χ2v) is 5.79. The highest BCUT2D eigenvalue weighted by atomic mass is 79.9. The molecule has 94 valence electrons. The molecule has 1 amide bonds. The van der Waals surface area contributed by atoms with Crippen molar-refractivity contribution in [2.45, 2.75) is 6.54 Å². The first-order valence-electron chi connectivity index (χ1n) is 5.41. The van der Waals surface area contributed by atoms with E-state index in [-0.39, 0.29) is 5.91 Å². The Kier molecular flexibility index (Phi) is 4.24. The maximum atomic E-state index is 12.0. The van der Waals surface area contributed by atoms with Crippen LogP contribution in [-0.4, -0.2) is 10.5 Å². The van der Waals surface area contributed by atoms with Crippen molar-refractivity contribution >= 4 is 37.8 Å². The summed E-state index contributed by atoms with van der Waals surface area (Å²) >= 11 is 6.73. The maximum Gasteiger partial charge on any atom is 0.268 e. The lowest BCUT2D eigenvalue weighted by atomic mass is 10.2. The van der Waals surface area contributed by atoms with Crippen molar-refractivity contribution < 1.29 is 4.79 Å². The summed E-state index contributed by atoms with van der Waals surface area (Å²) in [7, 11) is 1.85. The first-order chi connectivity index (χ1) is 8.56. The van der Waals surface area contributed by atoms with Gasteiger partial charge in [-0.25, -0.2) is 0 Å². The van der Waals surface area contributed by atoms with E-state index in [1.807, 2.05) is 37.5 Å². The number of rotatable bonds is 3. The number of hydrogen-bond acceptors (Lipinski definition) is 1. The standard InChI is InChI=1S/C13H12Br2N2O/c1-17-8-11(15)6-12(17)13(18)16-7-9-2-4-10(14)5-3-9/h2-6,8H,7H2,1H3,(H,16,18). The zero-order valence-corrected chi connectivity index (χ0v) is 13.0. The van der Waals surface area contributed by atoms with Crippen LogP contribution in [0.25, 0.3) is 0 Å². The molecule has 0 spiro atoms. The number of nitrogens with zero attached hydrogens (tertiary/aromatic N) is 1. The molecule has 18 heavy (non-hydrogen) atoms. The van der Waals surface area contributed by atoms with Crippen LogP contribution in [0.5, 0.6) is 0 Å². The van der Waals surface area contributed by atoms with E-state index in [2.05, 4.69) is 37.2 Å². The lowest BCUT2D eigenvalue weighted by Crippen LogP contribution is -2.24. The molecule has 0 radical (unpaired) electrons. The van der Waals surface area contributed by atoms with Gasteiger partial charge < -0.3 is 9.88 Å². The monoisotopic (exact) mass is 370 g/mol. The molecule has 0 saturated carbocycles. The molecule has 0 aliphatic carbocycles. The van der Waals surface area contributed by atoms with E-state index >= 15 is 0 Å². The van der Waals surface area contributed by atoms with Crippen LogP contribution >= 0.6 is 31.9 Å². The summed E-state index contributed by atoms with van der Waals surface area (Å²) in [5.74, 6) is -0.0777. The van der Waals surface area contributed by atoms with Gasteiger partial charge in [-0.2, -0.15) is 0 Å². The van der Waals surface area contributed by atoms with Crippen molar-refractivity contribution in [2.75, 3.05) is 0 Å². The van der Waals surface area contributed by atoms with Crippen LogP contribution in [0.1, 0.15) is 16.1 Å². The average molecular weight is 372 g/mol. The van der Waals surface area contributed by atoms with Crippen LogP contribution in [0.3, 0.4) is 0 Å². The van der Waals surface area contributed by atoms with Gasteiger partial charge in [0.1, 0.15) is 5.69 Å². The molecule has 0 fully saturated rings. The second kappa shape index (κ2) is 5.71. The lowest BCUT2D eigenvalue weighted by Gasteiger charge is -2.06. The SMILES string of the molecule is Cn1cc(Br)cc1C(=O)NCc1ccc(Br)cc1. The Morgan fingerprint density at radius 3 is 2.44 bits per heavy atom. The molecule has 1 N–H and O–H groups in total. The van der Waals surface area contributed by atoms with Crippen LogP contribution in [0.15, 0.2) is 45.5 Å². The Hall–Kier alpha value is -1.07. The number of halogens is 2. The Morgan fingerprint density at radius 1 is 1.22 bits per heavy atom. The topological polar surface area (TPSA) is 34.0 Å². The molecule has 1 aromatic carbocycles. The molecule has 0 aliphatic rings. The van der Waals surface area contributed by atoms with Gasteiger partial charge in [-0.3, -0.25) is 4.79 Å². The number of carbonyl (C=O) groups excluding carboxylic acids is 1. The number of benzene rings is 1. The van der Waals surface area contributed by atoms with Crippen LogP contribution in [-0.2, 0) is 13.6 Å². The molecule has 0 atom stereocenters. The third-order valence-corrected chi connectivity index (χ3v) is 3.53. The van der Waals surface area contributed by atoms with Gasteiger partial charge in [-0.1, -0.05) is 28.1 Å². The van der Waals surface area contributed by atoms with E-state index in [1.165, 1.54) is 0 Å². The Bertz CT molecular complexity index is 561. The number of aryl methyl sites for hydroxylation is 1. The number of carbonyl (C=O) groups is 1. The van der Waals surface area contributed by atoms with Gasteiger partial charge in [-0.05, 0) is 39.7 Å². The van der Waals surface area contributed by atoms with Gasteiger partial charge in [0.2, 0.25) is 0 Å². The van der Waals surface area contributed by atoms with Crippen molar-refractivity contribution in [3.63, 3.8) is 0 Å². The average Bonchev–Trinajstić information content (AvgIpc) is 2.67. The first-order valence-corrected chi connectivity index (χ1v) is 6.99. The van der Waals surface area contributed by atoms with Gasteiger partial charge in [0, 0.05) is 28.7 Å². The minimum Gasteiger partial charge on any atom is -0.347 e. The van der Waals surface area contributed by atoms with Crippen LogP contribution in [0.2, 0.25) is 0 Å². The van der Waals surface area contributed by atoms with Crippen molar-refractivity contribution in [1.82, 2.24) is 9.88 Å². The summed E-state index contributed by atoms with van der Waals surface area (Å²) in [5.41, 5.74) is 1.71. The highest BCUT2D eigenvalue weighted by Gasteiger charge is 2.10. The van der Waals surface area contributed by atoms with E-state index < -0.39 is 0 Å². The molecule has 2 rings (SSSR count). The Labute approximate surface area is 122 Å². The van der Waals surface area contributed by atoms with Crippen LogP contribution in [0, 0.1) is 0 Å². The number of amides is 1. The van der Waals surface area contributed by atoms with Crippen molar-refractivity contribution in [3.8, 4) is 0 Å². The fourth-order valence-corrected chi connectivity index (χ4v) is 2.41. The molecule has 0 aliphatic heterocycles. The Morgan fingerprint density at radius 2 is 1.89 bits per heavy atom. The first kappa shape index (κ1) is 13.4. The molecule has 5 heteroatoms. The third-order valence-electron chi connectivity index (χ3n) is 2.57. The van der Waals surface area contributed by atoms with Gasteiger partial charge in [0.25, 0.3) is 5.91 Å². The molecule has 0 bridgehead atoms. The van der Waals surface area contributed by atoms with Crippen LogP contribution < -0.4 is 5.32 Å². The minimum atomic E-state index is -0.0777. The van der Waals surface area contributed by atoms with E-state index in [4.69, 9.17) is 0 Å². The fourth-order valence-electron chi connectivity index (χ4n) is 1.63. The normalized spacial score (nSPS) is 10.4. The van der Waals surface area contributed by atoms with E-state index in [1.54, 1.807) is 10.6 Å². The molecular formula is C13H12Br2N2O. The molecule has 1 aromatic heterocycles. The van der Waals surface area contributed by atoms with E-state index in [0.29, 0.717) is 12.2 Å². The van der Waals surface area contributed by atoms with E-state index in [9.17, 15) is 4.79 Å². The Balaban J connectivity index is 2.00. The number of aromatic nitrogens is 1. The van der Waals surface area contributed by atoms with Gasteiger partial charge >= 0.3 is 0 Å². The molecular weight excluding hydrogens is 360 g/mol. The van der Waals surface area contributed by atoms with Crippen molar-refractivity contribution in [2.24, 2.45) is 7.05 Å². The summed E-state index contributed by atoms with van der Waals surface area (Å²) in [6.07, 6.45) is 1.86. The zero-order valence-electron chi connectivity index (χ0n) is 9.78. The predicted molar refractivity (Wildman–Crippen MR) is 78.4 cm³/mol. The predicted octanol–water partition coefficient (Wildman–Crippen LogP) is 3.48. The number of hydrogen-bond donors (Lipinski definition) is 1. The van der Waals surface area contributed by atoms with Gasteiger partial charge in [0.05, 0.1) is 0 Å². The quantitative estimate of drug-likeness (QED) is 0.880.